The molecular weight excluding hydrogens is 457 g/mol. The number of carbonyl (C=O) groups excluding carboxylic acids is 3. The van der Waals surface area contributed by atoms with Crippen molar-refractivity contribution in [3.8, 4) is 0 Å². The van der Waals surface area contributed by atoms with Gasteiger partial charge >= 0.3 is 5.97 Å². The van der Waals surface area contributed by atoms with Crippen molar-refractivity contribution in [2.75, 3.05) is 19.0 Å². The number of hydrogen-bond acceptors (Lipinski definition) is 5. The molecule has 0 radical (unpaired) electrons. The number of esters is 1. The number of nitrogens with zero attached hydrogens (tertiary/aromatic N) is 1. The highest BCUT2D eigenvalue weighted by Crippen LogP contribution is 2.67. The Morgan fingerprint density at radius 1 is 1.11 bits per heavy atom. The van der Waals surface area contributed by atoms with Crippen molar-refractivity contribution in [2.45, 2.75) is 77.2 Å². The Morgan fingerprint density at radius 2 is 1.86 bits per heavy atom. The molecule has 0 amide bonds. The lowest BCUT2D eigenvalue weighted by atomic mass is 9.50. The molecule has 1 aromatic rings. The second-order valence-electron chi connectivity index (χ2n) is 11.6. The van der Waals surface area contributed by atoms with Crippen LogP contribution in [0.5, 0.6) is 0 Å². The van der Waals surface area contributed by atoms with Crippen LogP contribution in [-0.4, -0.2) is 37.2 Å². The second kappa shape index (κ2) is 8.67. The normalized spacial score (nSPS) is 33.3. The van der Waals surface area contributed by atoms with E-state index in [0.717, 1.165) is 36.8 Å². The lowest BCUT2D eigenvalue weighted by Gasteiger charge is -2.55. The van der Waals surface area contributed by atoms with Crippen LogP contribution in [0, 0.1) is 23.1 Å². The van der Waals surface area contributed by atoms with Gasteiger partial charge in [-0.15, -0.1) is 0 Å². The fourth-order valence-electron chi connectivity index (χ4n) is 8.11. The third-order valence-electron chi connectivity index (χ3n) is 9.60. The molecule has 0 aliphatic heterocycles. The average molecular weight is 494 g/mol. The van der Waals surface area contributed by atoms with Crippen LogP contribution < -0.4 is 4.90 Å². The summed E-state index contributed by atoms with van der Waals surface area (Å²) in [6.45, 7) is 5.03. The van der Waals surface area contributed by atoms with Crippen LogP contribution in [0.1, 0.15) is 77.2 Å². The molecule has 4 aliphatic rings. The van der Waals surface area contributed by atoms with E-state index in [9.17, 15) is 14.4 Å². The highest BCUT2D eigenvalue weighted by atomic mass is 19.1. The smallest absolute Gasteiger partial charge is 0.303 e. The molecule has 0 spiro atoms. The molecule has 0 saturated heterocycles. The molecule has 6 heteroatoms. The van der Waals surface area contributed by atoms with E-state index in [2.05, 4.69) is 6.92 Å². The van der Waals surface area contributed by atoms with Gasteiger partial charge in [-0.2, -0.15) is 0 Å². The number of Topliss-reactive ketones (excluding diaryl/α,β-unsaturated/α-hetero) is 1. The summed E-state index contributed by atoms with van der Waals surface area (Å²) in [7, 11) is 3.64. The van der Waals surface area contributed by atoms with E-state index in [1.165, 1.54) is 18.1 Å². The van der Waals surface area contributed by atoms with Crippen LogP contribution in [0.25, 0.3) is 0 Å². The molecule has 192 valence electrons. The topological polar surface area (TPSA) is 63.7 Å². The summed E-state index contributed by atoms with van der Waals surface area (Å²) in [5, 5.41) is 0. The number of anilines is 1. The molecule has 5 rings (SSSR count). The van der Waals surface area contributed by atoms with Gasteiger partial charge in [-0.3, -0.25) is 14.4 Å². The van der Waals surface area contributed by atoms with Crippen LogP contribution in [-0.2, 0) is 19.1 Å². The molecule has 5 nitrogen and oxygen atoms in total. The van der Waals surface area contributed by atoms with Gasteiger partial charge < -0.3 is 9.64 Å². The predicted molar refractivity (Wildman–Crippen MR) is 136 cm³/mol. The lowest BCUT2D eigenvalue weighted by molar-refractivity contribution is -0.182. The van der Waals surface area contributed by atoms with Gasteiger partial charge in [0, 0.05) is 38.8 Å². The highest BCUT2D eigenvalue weighted by molar-refractivity contribution is 5.93. The molecule has 0 aromatic heterocycles. The van der Waals surface area contributed by atoms with E-state index >= 15 is 4.39 Å². The molecule has 0 N–H and O–H groups in total. The van der Waals surface area contributed by atoms with Crippen molar-refractivity contribution in [1.29, 1.82) is 0 Å². The minimum atomic E-state index is -1.17. The third kappa shape index (κ3) is 3.59. The van der Waals surface area contributed by atoms with Crippen molar-refractivity contribution in [2.24, 2.45) is 17.3 Å². The van der Waals surface area contributed by atoms with Crippen molar-refractivity contribution in [3.05, 3.63) is 52.4 Å². The Morgan fingerprint density at radius 3 is 2.50 bits per heavy atom. The third-order valence-corrected chi connectivity index (χ3v) is 9.60. The van der Waals surface area contributed by atoms with Crippen LogP contribution >= 0.6 is 0 Å². The van der Waals surface area contributed by atoms with Crippen LogP contribution in [0.4, 0.5) is 10.1 Å². The quantitative estimate of drug-likeness (QED) is 0.505. The zero-order valence-electron chi connectivity index (χ0n) is 21.9. The van der Waals surface area contributed by atoms with Gasteiger partial charge in [-0.25, -0.2) is 4.39 Å². The molecular formula is C30H36FNO4. The minimum Gasteiger partial charge on any atom is -0.451 e. The molecule has 0 unspecified atom stereocenters. The molecule has 2 fully saturated rings. The van der Waals surface area contributed by atoms with Crippen molar-refractivity contribution in [3.63, 3.8) is 0 Å². The van der Waals surface area contributed by atoms with Crippen LogP contribution in [0.3, 0.4) is 0 Å². The van der Waals surface area contributed by atoms with Gasteiger partial charge in [0.2, 0.25) is 0 Å². The number of halogens is 1. The van der Waals surface area contributed by atoms with Crippen molar-refractivity contribution in [1.82, 2.24) is 0 Å². The number of carbonyl (C=O) groups is 3. The van der Waals surface area contributed by atoms with Gasteiger partial charge in [-0.1, -0.05) is 18.6 Å². The molecule has 0 bridgehead atoms. The van der Waals surface area contributed by atoms with E-state index in [4.69, 9.17) is 4.74 Å². The fraction of sp³-hybridized carbons (Fsp3) is 0.567. The summed E-state index contributed by atoms with van der Waals surface area (Å²) >= 11 is 0. The van der Waals surface area contributed by atoms with E-state index in [-0.39, 0.29) is 35.1 Å². The first-order valence-corrected chi connectivity index (χ1v) is 13.1. The molecule has 36 heavy (non-hydrogen) atoms. The zero-order chi connectivity index (χ0) is 26.0. The monoisotopic (exact) mass is 493 g/mol. The summed E-state index contributed by atoms with van der Waals surface area (Å²) in [4.78, 5) is 39.4. The maximum atomic E-state index is 15.2. The van der Waals surface area contributed by atoms with Crippen LogP contribution in [0.2, 0.25) is 0 Å². The Bertz CT molecular complexity index is 1210. The lowest BCUT2D eigenvalue weighted by Crippen LogP contribution is -2.57. The average Bonchev–Trinajstić information content (AvgIpc) is 3.10. The van der Waals surface area contributed by atoms with E-state index < -0.39 is 17.0 Å². The summed E-state index contributed by atoms with van der Waals surface area (Å²) in [6, 6.07) is 5.46. The standard InChI is InChI=1S/C30H36FNO4/c1-17(33)30(36-18(2)34)13-12-25-23-9-6-19-14-21(35)8-10-22(19)28(23)24(16-29(25,30)3)20-7-11-27(32(4)5)26(31)15-20/h7,11,14-15,23-25H,6,8-10,12-13,16H2,1-5H3/t23-,24+,25-,29-,30-/m0/s1. The molecule has 2 saturated carbocycles. The first-order valence-electron chi connectivity index (χ1n) is 13.1. The fourth-order valence-corrected chi connectivity index (χ4v) is 8.11. The van der Waals surface area contributed by atoms with Crippen molar-refractivity contribution >= 4 is 23.2 Å². The molecule has 0 heterocycles. The highest BCUT2D eigenvalue weighted by Gasteiger charge is 2.67. The Balaban J connectivity index is 1.71. The van der Waals surface area contributed by atoms with Crippen LogP contribution in [0.15, 0.2) is 41.0 Å². The Labute approximate surface area is 212 Å². The summed E-state index contributed by atoms with van der Waals surface area (Å²) < 4.78 is 21.2. The van der Waals surface area contributed by atoms with Gasteiger partial charge in [0.05, 0.1) is 5.69 Å². The first kappa shape index (κ1) is 24.9. The zero-order valence-corrected chi connectivity index (χ0v) is 21.9. The molecule has 5 atom stereocenters. The first-order chi connectivity index (χ1) is 17.0. The van der Waals surface area contributed by atoms with Gasteiger partial charge in [-0.05, 0) is 92.2 Å². The Kier molecular flexibility index (Phi) is 6.00. The summed E-state index contributed by atoms with van der Waals surface area (Å²) in [6.07, 6.45) is 6.69. The summed E-state index contributed by atoms with van der Waals surface area (Å²) in [5.41, 5.74) is 3.40. The number of fused-ring (bicyclic) bond motifs is 4. The van der Waals surface area contributed by atoms with E-state index in [1.807, 2.05) is 32.3 Å². The predicted octanol–water partition coefficient (Wildman–Crippen LogP) is 5.68. The largest absolute Gasteiger partial charge is 0.451 e. The van der Waals surface area contributed by atoms with Crippen molar-refractivity contribution < 1.29 is 23.5 Å². The molecule has 4 aliphatic carbocycles. The van der Waals surface area contributed by atoms with Gasteiger partial charge in [0.25, 0.3) is 0 Å². The number of hydrogen-bond donors (Lipinski definition) is 0. The number of rotatable bonds is 4. The van der Waals surface area contributed by atoms with E-state index in [1.54, 1.807) is 17.9 Å². The number of ketones is 2. The maximum absolute atomic E-state index is 15.2. The Hall–Kier alpha value is -2.76. The van der Waals surface area contributed by atoms with Gasteiger partial charge in [0.15, 0.2) is 17.2 Å². The number of allylic oxidation sites excluding steroid dienone is 4. The second-order valence-corrected chi connectivity index (χ2v) is 11.6. The van der Waals surface area contributed by atoms with Gasteiger partial charge in [0.1, 0.15) is 5.82 Å². The maximum Gasteiger partial charge on any atom is 0.303 e. The SMILES string of the molecule is CC(=O)O[C@]1(C(C)=O)CC[C@H]2[C@@H]3CCC4=CC(=O)CCC4=C3[C@@H](c3ccc(N(C)C)c(F)c3)C[C@@]21C. The molecule has 1 aromatic carbocycles. The minimum absolute atomic E-state index is 0.105. The van der Waals surface area contributed by atoms with E-state index in [0.29, 0.717) is 24.9 Å². The summed E-state index contributed by atoms with van der Waals surface area (Å²) in [5.74, 6) is -0.354. The number of benzene rings is 1. The number of ether oxygens (including phenoxy) is 1.